The zero-order valence-corrected chi connectivity index (χ0v) is 23.4. The number of rotatable bonds is 7. The van der Waals surface area contributed by atoms with Crippen molar-refractivity contribution in [3.8, 4) is 0 Å². The van der Waals surface area contributed by atoms with Gasteiger partial charge in [0, 0.05) is 50.9 Å². The molecule has 0 radical (unpaired) electrons. The second-order valence-electron chi connectivity index (χ2n) is 11.1. The second-order valence-corrected chi connectivity index (χ2v) is 11.1. The SMILES string of the molecule is C[C@@H]1CN(c2ccc(N)cn2)CCN1Cc1ccc(CNc2cccc3c2C(=O)N(C2CCC(=O)NC2=O)C3=O)cc1. The van der Waals surface area contributed by atoms with Gasteiger partial charge in [0.25, 0.3) is 11.8 Å². The van der Waals surface area contributed by atoms with E-state index >= 15 is 0 Å². The van der Waals surface area contributed by atoms with Crippen LogP contribution in [0.1, 0.15) is 51.6 Å². The van der Waals surface area contributed by atoms with Crippen molar-refractivity contribution in [2.45, 2.75) is 44.9 Å². The van der Waals surface area contributed by atoms with Crippen molar-refractivity contribution < 1.29 is 19.2 Å². The molecule has 3 aliphatic rings. The van der Waals surface area contributed by atoms with Gasteiger partial charge in [0.1, 0.15) is 11.9 Å². The number of anilines is 3. The summed E-state index contributed by atoms with van der Waals surface area (Å²) < 4.78 is 0. The minimum atomic E-state index is -0.990. The first kappa shape index (κ1) is 27.4. The zero-order valence-electron chi connectivity index (χ0n) is 23.4. The monoisotopic (exact) mass is 567 g/mol. The maximum absolute atomic E-state index is 13.3. The van der Waals surface area contributed by atoms with Crippen LogP contribution < -0.4 is 21.3 Å². The number of nitrogens with two attached hydrogens (primary N) is 1. The van der Waals surface area contributed by atoms with Crippen molar-refractivity contribution >= 4 is 40.8 Å². The van der Waals surface area contributed by atoms with Gasteiger partial charge in [0.15, 0.2) is 0 Å². The third-order valence-corrected chi connectivity index (χ3v) is 8.22. The number of nitrogens with one attached hydrogen (secondary N) is 2. The van der Waals surface area contributed by atoms with Crippen molar-refractivity contribution in [1.82, 2.24) is 20.1 Å². The van der Waals surface area contributed by atoms with Crippen LogP contribution in [-0.4, -0.2) is 70.1 Å². The van der Waals surface area contributed by atoms with Crippen LogP contribution >= 0.6 is 0 Å². The molecule has 2 aromatic carbocycles. The van der Waals surface area contributed by atoms with Gasteiger partial charge in [0.2, 0.25) is 11.8 Å². The van der Waals surface area contributed by atoms with E-state index in [2.05, 4.69) is 56.6 Å². The number of amides is 4. The van der Waals surface area contributed by atoms with Crippen LogP contribution in [0.4, 0.5) is 17.2 Å². The summed E-state index contributed by atoms with van der Waals surface area (Å²) in [5, 5.41) is 5.53. The molecule has 4 heterocycles. The van der Waals surface area contributed by atoms with Crippen LogP contribution in [0, 0.1) is 0 Å². The predicted octanol–water partition coefficient (Wildman–Crippen LogP) is 2.39. The topological polar surface area (TPSA) is 141 Å². The highest BCUT2D eigenvalue weighted by molar-refractivity contribution is 6.25. The van der Waals surface area contributed by atoms with Crippen molar-refractivity contribution in [3.63, 3.8) is 0 Å². The Morgan fingerprint density at radius 3 is 2.48 bits per heavy atom. The Hall–Kier alpha value is -4.77. The molecule has 3 aliphatic heterocycles. The fourth-order valence-corrected chi connectivity index (χ4v) is 5.88. The number of imide groups is 2. The molecule has 6 rings (SSSR count). The van der Waals surface area contributed by atoms with Gasteiger partial charge in [-0.1, -0.05) is 30.3 Å². The Morgan fingerprint density at radius 2 is 1.76 bits per heavy atom. The van der Waals surface area contributed by atoms with Crippen LogP contribution in [0.15, 0.2) is 60.8 Å². The lowest BCUT2D eigenvalue weighted by molar-refractivity contribution is -0.136. The molecule has 4 N–H and O–H groups in total. The predicted molar refractivity (Wildman–Crippen MR) is 158 cm³/mol. The first-order valence-corrected chi connectivity index (χ1v) is 14.2. The van der Waals surface area contributed by atoms with Gasteiger partial charge in [-0.05, 0) is 48.7 Å². The molecular formula is C31H33N7O4. The summed E-state index contributed by atoms with van der Waals surface area (Å²) in [5.74, 6) is -1.11. The molecule has 1 aromatic heterocycles. The van der Waals surface area contributed by atoms with Crippen LogP contribution in [0.3, 0.4) is 0 Å². The first-order chi connectivity index (χ1) is 20.3. The summed E-state index contributed by atoms with van der Waals surface area (Å²) >= 11 is 0. The van der Waals surface area contributed by atoms with Crippen LogP contribution in [-0.2, 0) is 22.7 Å². The molecule has 2 atom stereocenters. The van der Waals surface area contributed by atoms with Gasteiger partial charge in [-0.15, -0.1) is 0 Å². The number of nitrogens with zero attached hydrogens (tertiary/aromatic N) is 4. The normalized spacial score (nSPS) is 21.0. The highest BCUT2D eigenvalue weighted by Gasteiger charge is 2.45. The molecule has 0 bridgehead atoms. The molecule has 42 heavy (non-hydrogen) atoms. The van der Waals surface area contributed by atoms with Crippen LogP contribution in [0.5, 0.6) is 0 Å². The zero-order chi connectivity index (χ0) is 29.4. The number of pyridine rings is 1. The Balaban J connectivity index is 1.07. The van der Waals surface area contributed by atoms with E-state index in [0.717, 1.165) is 42.5 Å². The molecule has 0 saturated carbocycles. The van der Waals surface area contributed by atoms with Gasteiger partial charge in [-0.3, -0.25) is 34.3 Å². The molecule has 11 heteroatoms. The molecule has 1 unspecified atom stereocenters. The van der Waals surface area contributed by atoms with Crippen LogP contribution in [0.25, 0.3) is 0 Å². The van der Waals surface area contributed by atoms with E-state index < -0.39 is 29.7 Å². The van der Waals surface area contributed by atoms with Gasteiger partial charge in [0.05, 0.1) is 23.0 Å². The third-order valence-electron chi connectivity index (χ3n) is 8.22. The lowest BCUT2D eigenvalue weighted by atomic mass is 10.0. The molecular weight excluding hydrogens is 534 g/mol. The molecule has 2 fully saturated rings. The quantitative estimate of drug-likeness (QED) is 0.367. The van der Waals surface area contributed by atoms with E-state index in [-0.39, 0.29) is 24.0 Å². The number of aromatic nitrogens is 1. The highest BCUT2D eigenvalue weighted by atomic mass is 16.2. The highest BCUT2D eigenvalue weighted by Crippen LogP contribution is 2.32. The van der Waals surface area contributed by atoms with Crippen molar-refractivity contribution in [1.29, 1.82) is 0 Å². The third kappa shape index (κ3) is 5.30. The van der Waals surface area contributed by atoms with Gasteiger partial charge in [-0.2, -0.15) is 0 Å². The summed E-state index contributed by atoms with van der Waals surface area (Å²) in [6.07, 6.45) is 1.90. The van der Waals surface area contributed by atoms with Crippen LogP contribution in [0.2, 0.25) is 0 Å². The van der Waals surface area contributed by atoms with E-state index in [9.17, 15) is 19.2 Å². The number of piperidine rings is 1. The number of hydrogen-bond acceptors (Lipinski definition) is 9. The van der Waals surface area contributed by atoms with E-state index in [1.54, 1.807) is 24.4 Å². The minimum absolute atomic E-state index is 0.0845. The molecule has 11 nitrogen and oxygen atoms in total. The Morgan fingerprint density at radius 1 is 0.976 bits per heavy atom. The molecule has 4 amide bonds. The van der Waals surface area contributed by atoms with E-state index in [1.807, 2.05) is 12.1 Å². The van der Waals surface area contributed by atoms with Crippen molar-refractivity contribution in [3.05, 3.63) is 83.0 Å². The molecule has 0 spiro atoms. The molecule has 3 aromatic rings. The lowest BCUT2D eigenvalue weighted by Gasteiger charge is -2.40. The molecule has 216 valence electrons. The number of carbonyl (C=O) groups is 4. The number of benzene rings is 2. The molecule has 2 saturated heterocycles. The van der Waals surface area contributed by atoms with E-state index in [1.165, 1.54) is 5.56 Å². The fourth-order valence-electron chi connectivity index (χ4n) is 5.88. The smallest absolute Gasteiger partial charge is 0.264 e. The maximum atomic E-state index is 13.3. The summed E-state index contributed by atoms with van der Waals surface area (Å²) in [5.41, 5.74) is 9.73. The Bertz CT molecular complexity index is 1540. The van der Waals surface area contributed by atoms with Gasteiger partial charge in [-0.25, -0.2) is 4.98 Å². The number of carbonyl (C=O) groups excluding carboxylic acids is 4. The number of hydrogen-bond donors (Lipinski definition) is 3. The fraction of sp³-hybridized carbons (Fsp3) is 0.323. The average molecular weight is 568 g/mol. The number of piperazine rings is 1. The second kappa shape index (κ2) is 11.2. The van der Waals surface area contributed by atoms with Gasteiger partial charge < -0.3 is 16.0 Å². The molecule has 0 aliphatic carbocycles. The number of nitrogen functional groups attached to an aromatic ring is 1. The minimum Gasteiger partial charge on any atom is -0.397 e. The maximum Gasteiger partial charge on any atom is 0.264 e. The Labute approximate surface area is 243 Å². The lowest BCUT2D eigenvalue weighted by Crippen LogP contribution is -2.54. The number of fused-ring (bicyclic) bond motifs is 1. The largest absolute Gasteiger partial charge is 0.397 e. The summed E-state index contributed by atoms with van der Waals surface area (Å²) in [6, 6.07) is 16.6. The first-order valence-electron chi connectivity index (χ1n) is 14.2. The standard InChI is InChI=1S/C31H33N7O4/c1-19-17-37(26-11-9-22(32)16-34-26)14-13-36(19)18-21-7-5-20(6-8-21)15-33-24-4-2-3-23-28(24)31(42)38(30(23)41)25-10-12-27(39)35-29(25)40/h2-9,11,16,19,25,33H,10,12-15,17-18,32H2,1H3,(H,35,39,40)/t19-,25?/m1/s1. The van der Waals surface area contributed by atoms with Crippen molar-refractivity contribution in [2.24, 2.45) is 0 Å². The van der Waals surface area contributed by atoms with Crippen molar-refractivity contribution in [2.75, 3.05) is 35.6 Å². The summed E-state index contributed by atoms with van der Waals surface area (Å²) in [4.78, 5) is 60.5. The summed E-state index contributed by atoms with van der Waals surface area (Å²) in [6.45, 7) is 6.25. The average Bonchev–Trinajstić information content (AvgIpc) is 3.24. The van der Waals surface area contributed by atoms with Gasteiger partial charge >= 0.3 is 0 Å². The van der Waals surface area contributed by atoms with E-state index in [4.69, 9.17) is 5.73 Å². The van der Waals surface area contributed by atoms with E-state index in [0.29, 0.717) is 24.0 Å². The Kier molecular flexibility index (Phi) is 7.34. The summed E-state index contributed by atoms with van der Waals surface area (Å²) in [7, 11) is 0.